The summed E-state index contributed by atoms with van der Waals surface area (Å²) < 4.78 is 24.3. The van der Waals surface area contributed by atoms with Crippen molar-refractivity contribution < 1.29 is 13.2 Å². The van der Waals surface area contributed by atoms with Crippen LogP contribution >= 0.6 is 35.0 Å². The number of hydrogen-bond donors (Lipinski definition) is 0. The van der Waals surface area contributed by atoms with Gasteiger partial charge >= 0.3 is 0 Å². The molecule has 4 rings (SSSR count). The van der Waals surface area contributed by atoms with Gasteiger partial charge in [-0.1, -0.05) is 65.3 Å². The summed E-state index contributed by atoms with van der Waals surface area (Å²) in [5.41, 5.74) is 1.48. The number of thioether (sulfide) groups is 1. The number of sulfone groups is 1. The van der Waals surface area contributed by atoms with E-state index in [-0.39, 0.29) is 35.1 Å². The first-order valence-corrected chi connectivity index (χ1v) is 12.0. The minimum atomic E-state index is -3.14. The summed E-state index contributed by atoms with van der Waals surface area (Å²) in [5, 5.41) is 1.17. The Morgan fingerprint density at radius 3 is 2.61 bits per heavy atom. The van der Waals surface area contributed by atoms with Crippen LogP contribution in [0.25, 0.3) is 0 Å². The molecular formula is C19H16Cl2N2O3S2. The van der Waals surface area contributed by atoms with E-state index in [2.05, 4.69) is 4.99 Å². The number of carbonyl (C=O) groups excluding carboxylic acids is 1. The minimum Gasteiger partial charge on any atom is -0.314 e. The van der Waals surface area contributed by atoms with E-state index in [9.17, 15) is 13.2 Å². The first-order chi connectivity index (χ1) is 13.3. The standard InChI is InChI=1S/C19H16Cl2N2O3S2/c20-13-6-7-15(14(21)9-13)23-16-10-28(25,26)11-17(16)27-19(23)22-18(24)8-12-4-2-1-3-5-12/h1-7,9,16-17H,8,10-11H2/t16-,17-/m0/s1. The highest BCUT2D eigenvalue weighted by Gasteiger charge is 2.49. The van der Waals surface area contributed by atoms with Gasteiger partial charge in [0.2, 0.25) is 0 Å². The van der Waals surface area contributed by atoms with Crippen LogP contribution in [0.1, 0.15) is 5.56 Å². The van der Waals surface area contributed by atoms with E-state index in [1.165, 1.54) is 11.8 Å². The van der Waals surface area contributed by atoms with Gasteiger partial charge in [-0.3, -0.25) is 4.79 Å². The number of benzene rings is 2. The van der Waals surface area contributed by atoms with Crippen LogP contribution in [0, 0.1) is 0 Å². The van der Waals surface area contributed by atoms with Crippen LogP contribution in [0.15, 0.2) is 53.5 Å². The molecule has 0 aliphatic carbocycles. The maximum atomic E-state index is 12.5. The molecule has 2 aromatic carbocycles. The van der Waals surface area contributed by atoms with Gasteiger partial charge in [-0.2, -0.15) is 4.99 Å². The van der Waals surface area contributed by atoms with Gasteiger partial charge in [0.25, 0.3) is 5.91 Å². The summed E-state index contributed by atoms with van der Waals surface area (Å²) in [4.78, 5) is 18.6. The maximum Gasteiger partial charge on any atom is 0.252 e. The zero-order valence-electron chi connectivity index (χ0n) is 14.6. The highest BCUT2D eigenvalue weighted by atomic mass is 35.5. The third-order valence-corrected chi connectivity index (χ3v) is 8.40. The average Bonchev–Trinajstić information content (AvgIpc) is 3.07. The van der Waals surface area contributed by atoms with Gasteiger partial charge in [-0.05, 0) is 23.8 Å². The molecule has 146 valence electrons. The molecule has 5 nitrogen and oxygen atoms in total. The van der Waals surface area contributed by atoms with Crippen molar-refractivity contribution in [1.82, 2.24) is 0 Å². The molecule has 0 saturated carbocycles. The van der Waals surface area contributed by atoms with Crippen LogP contribution in [0.2, 0.25) is 10.0 Å². The van der Waals surface area contributed by atoms with Gasteiger partial charge in [0.05, 0.1) is 34.7 Å². The molecule has 0 unspecified atom stereocenters. The number of hydrogen-bond acceptors (Lipinski definition) is 4. The maximum absolute atomic E-state index is 12.5. The number of fused-ring (bicyclic) bond motifs is 1. The van der Waals surface area contributed by atoms with Crippen LogP contribution in [-0.2, 0) is 21.1 Å². The zero-order valence-corrected chi connectivity index (χ0v) is 17.7. The van der Waals surface area contributed by atoms with E-state index < -0.39 is 9.84 Å². The van der Waals surface area contributed by atoms with E-state index in [0.29, 0.717) is 20.9 Å². The first-order valence-electron chi connectivity index (χ1n) is 8.59. The third-order valence-electron chi connectivity index (χ3n) is 4.65. The van der Waals surface area contributed by atoms with Crippen molar-refractivity contribution in [3.05, 3.63) is 64.1 Å². The monoisotopic (exact) mass is 454 g/mol. The Morgan fingerprint density at radius 2 is 1.89 bits per heavy atom. The van der Waals surface area contributed by atoms with Crippen LogP contribution < -0.4 is 4.90 Å². The van der Waals surface area contributed by atoms with Crippen LogP contribution in [-0.4, -0.2) is 42.3 Å². The fourth-order valence-corrected chi connectivity index (χ4v) is 7.86. The van der Waals surface area contributed by atoms with Gasteiger partial charge in [-0.15, -0.1) is 0 Å². The summed E-state index contributed by atoms with van der Waals surface area (Å²) in [7, 11) is -3.14. The quantitative estimate of drug-likeness (QED) is 0.704. The largest absolute Gasteiger partial charge is 0.314 e. The number of aliphatic imine (C=N–C) groups is 1. The number of amidine groups is 1. The molecule has 0 N–H and O–H groups in total. The Bertz CT molecular complexity index is 1060. The predicted molar refractivity (Wildman–Crippen MR) is 115 cm³/mol. The van der Waals surface area contributed by atoms with Crippen molar-refractivity contribution in [1.29, 1.82) is 0 Å². The summed E-state index contributed by atoms with van der Waals surface area (Å²) in [5.74, 6) is -0.211. The zero-order chi connectivity index (χ0) is 19.9. The normalized spacial score (nSPS) is 24.5. The Kier molecular flexibility index (Phi) is 5.44. The summed E-state index contributed by atoms with van der Waals surface area (Å²) in [6.07, 6.45) is 0.181. The van der Waals surface area contributed by atoms with Crippen LogP contribution in [0.4, 0.5) is 5.69 Å². The van der Waals surface area contributed by atoms with E-state index in [0.717, 1.165) is 5.56 Å². The van der Waals surface area contributed by atoms with Gasteiger partial charge in [-0.25, -0.2) is 8.42 Å². The second-order valence-corrected chi connectivity index (χ2v) is 10.9. The van der Waals surface area contributed by atoms with Gasteiger partial charge in [0, 0.05) is 10.3 Å². The number of rotatable bonds is 3. The smallest absolute Gasteiger partial charge is 0.252 e. The fourth-order valence-electron chi connectivity index (χ4n) is 3.44. The minimum absolute atomic E-state index is 0.00944. The lowest BCUT2D eigenvalue weighted by Crippen LogP contribution is -2.38. The Labute approximate surface area is 177 Å². The molecule has 2 aliphatic heterocycles. The number of amides is 1. The Balaban J connectivity index is 1.68. The molecule has 0 spiro atoms. The molecule has 2 aliphatic rings. The SMILES string of the molecule is O=C(Cc1ccccc1)N=C1S[C@H]2CS(=O)(=O)C[C@@H]2N1c1ccc(Cl)cc1Cl. The lowest BCUT2D eigenvalue weighted by Gasteiger charge is -2.25. The number of nitrogens with zero attached hydrogens (tertiary/aromatic N) is 2. The lowest BCUT2D eigenvalue weighted by molar-refractivity contribution is -0.117. The highest BCUT2D eigenvalue weighted by Crippen LogP contribution is 2.43. The number of carbonyl (C=O) groups is 1. The molecular weight excluding hydrogens is 439 g/mol. The van der Waals surface area contributed by atoms with Crippen molar-refractivity contribution in [2.24, 2.45) is 4.99 Å². The van der Waals surface area contributed by atoms with Crippen molar-refractivity contribution >= 4 is 61.6 Å². The van der Waals surface area contributed by atoms with E-state index in [1.807, 2.05) is 30.3 Å². The lowest BCUT2D eigenvalue weighted by atomic mass is 10.1. The predicted octanol–water partition coefficient (Wildman–Crippen LogP) is 3.84. The van der Waals surface area contributed by atoms with Crippen molar-refractivity contribution in [3.8, 4) is 0 Å². The average molecular weight is 455 g/mol. The second kappa shape index (κ2) is 7.71. The Morgan fingerprint density at radius 1 is 1.14 bits per heavy atom. The molecule has 2 heterocycles. The number of anilines is 1. The Hall–Kier alpha value is -1.54. The van der Waals surface area contributed by atoms with Gasteiger partial charge in [0.15, 0.2) is 15.0 Å². The molecule has 0 aromatic heterocycles. The summed E-state index contributed by atoms with van der Waals surface area (Å²) in [6.45, 7) is 0. The van der Waals surface area contributed by atoms with Gasteiger partial charge < -0.3 is 4.90 Å². The molecule has 0 radical (unpaired) electrons. The number of halogens is 2. The first kappa shape index (κ1) is 19.8. The van der Waals surface area contributed by atoms with Crippen molar-refractivity contribution in [2.45, 2.75) is 17.7 Å². The van der Waals surface area contributed by atoms with Crippen molar-refractivity contribution in [3.63, 3.8) is 0 Å². The topological polar surface area (TPSA) is 66.8 Å². The molecule has 2 aromatic rings. The summed E-state index contributed by atoms with van der Waals surface area (Å²) >= 11 is 13.7. The second-order valence-electron chi connectivity index (χ2n) is 6.72. The van der Waals surface area contributed by atoms with Crippen molar-refractivity contribution in [2.75, 3.05) is 16.4 Å². The van der Waals surface area contributed by atoms with E-state index >= 15 is 0 Å². The molecule has 0 bridgehead atoms. The van der Waals surface area contributed by atoms with Crippen LogP contribution in [0.3, 0.4) is 0 Å². The third kappa shape index (κ3) is 4.08. The molecule has 28 heavy (non-hydrogen) atoms. The highest BCUT2D eigenvalue weighted by molar-refractivity contribution is 8.16. The van der Waals surface area contributed by atoms with Crippen LogP contribution in [0.5, 0.6) is 0 Å². The molecule has 1 amide bonds. The molecule has 2 saturated heterocycles. The molecule has 2 atom stereocenters. The summed E-state index contributed by atoms with van der Waals surface area (Å²) in [6, 6.07) is 14.1. The van der Waals surface area contributed by atoms with E-state index in [4.69, 9.17) is 23.2 Å². The fraction of sp³-hybridized carbons (Fsp3) is 0.263. The van der Waals surface area contributed by atoms with Gasteiger partial charge in [0.1, 0.15) is 0 Å². The molecule has 9 heteroatoms. The van der Waals surface area contributed by atoms with E-state index in [1.54, 1.807) is 23.1 Å². The molecule has 2 fully saturated rings.